The molecule has 2 fully saturated rings. The van der Waals surface area contributed by atoms with Gasteiger partial charge in [-0.3, -0.25) is 0 Å². The topological polar surface area (TPSA) is 75.6 Å². The second-order valence-electron chi connectivity index (χ2n) is 5.56. The second kappa shape index (κ2) is 6.32. The third-order valence-corrected chi connectivity index (χ3v) is 5.34. The minimum Gasteiger partial charge on any atom is -0.389 e. The third kappa shape index (κ3) is 5.22. The van der Waals surface area contributed by atoms with Gasteiger partial charge in [-0.25, -0.2) is 8.42 Å². The summed E-state index contributed by atoms with van der Waals surface area (Å²) in [7, 11) is -2.79. The molecule has 0 radical (unpaired) electrons. The van der Waals surface area contributed by atoms with E-state index in [0.717, 1.165) is 13.0 Å². The molecule has 6 heteroatoms. The molecular weight excluding hydrogens is 254 g/mol. The van der Waals surface area contributed by atoms with E-state index in [4.69, 9.17) is 4.74 Å². The summed E-state index contributed by atoms with van der Waals surface area (Å²) in [5.74, 6) is 1.52. The van der Waals surface area contributed by atoms with Crippen molar-refractivity contribution in [3.05, 3.63) is 0 Å². The molecule has 1 saturated heterocycles. The summed E-state index contributed by atoms with van der Waals surface area (Å²) in [5, 5.41) is 12.8. The summed E-state index contributed by atoms with van der Waals surface area (Å²) >= 11 is 0. The van der Waals surface area contributed by atoms with Gasteiger partial charge in [0.05, 0.1) is 24.2 Å². The van der Waals surface area contributed by atoms with Gasteiger partial charge in [0.1, 0.15) is 0 Å². The lowest BCUT2D eigenvalue weighted by atomic mass is 10.1. The van der Waals surface area contributed by atoms with Crippen LogP contribution in [0.3, 0.4) is 0 Å². The van der Waals surface area contributed by atoms with E-state index >= 15 is 0 Å². The van der Waals surface area contributed by atoms with Gasteiger partial charge in [-0.1, -0.05) is 0 Å². The number of ether oxygens (including phenoxy) is 1. The van der Waals surface area contributed by atoms with Crippen molar-refractivity contribution in [2.24, 2.45) is 11.8 Å². The molecule has 1 aliphatic carbocycles. The molecule has 2 atom stereocenters. The highest BCUT2D eigenvalue weighted by Gasteiger charge is 2.27. The average Bonchev–Trinajstić information content (AvgIpc) is 3.04. The van der Waals surface area contributed by atoms with Crippen molar-refractivity contribution in [2.45, 2.75) is 25.4 Å². The van der Waals surface area contributed by atoms with Gasteiger partial charge in [-0.15, -0.1) is 0 Å². The number of hydrogen-bond acceptors (Lipinski definition) is 5. The number of nitrogens with one attached hydrogen (secondary N) is 1. The molecular formula is C12H23NO4S. The molecule has 0 bridgehead atoms. The first-order valence-corrected chi connectivity index (χ1v) is 8.54. The van der Waals surface area contributed by atoms with Crippen LogP contribution < -0.4 is 5.32 Å². The van der Waals surface area contributed by atoms with E-state index in [1.807, 2.05) is 0 Å². The first-order chi connectivity index (χ1) is 8.55. The Kier molecular flexibility index (Phi) is 5.00. The van der Waals surface area contributed by atoms with Gasteiger partial charge in [-0.2, -0.15) is 0 Å². The Morgan fingerprint density at radius 1 is 1.28 bits per heavy atom. The van der Waals surface area contributed by atoms with Crippen molar-refractivity contribution in [2.75, 3.05) is 37.8 Å². The standard InChI is InChI=1S/C12H23NO4S/c14-12(8-17-7-10-1-2-10)6-13-5-11-3-4-18(15,16)9-11/h10-14H,1-9H2. The maximum Gasteiger partial charge on any atom is 0.150 e. The normalized spacial score (nSPS) is 28.4. The predicted molar refractivity (Wildman–Crippen MR) is 69.2 cm³/mol. The van der Waals surface area contributed by atoms with Crippen molar-refractivity contribution >= 4 is 9.84 Å². The summed E-state index contributed by atoms with van der Waals surface area (Å²) < 4.78 is 27.9. The zero-order valence-corrected chi connectivity index (χ0v) is 11.5. The van der Waals surface area contributed by atoms with E-state index in [0.29, 0.717) is 31.4 Å². The number of rotatable bonds is 8. The van der Waals surface area contributed by atoms with Crippen LogP contribution in [-0.4, -0.2) is 57.4 Å². The van der Waals surface area contributed by atoms with E-state index in [1.165, 1.54) is 12.8 Å². The average molecular weight is 277 g/mol. The van der Waals surface area contributed by atoms with Gasteiger partial charge in [0.2, 0.25) is 0 Å². The number of aliphatic hydroxyl groups excluding tert-OH is 1. The van der Waals surface area contributed by atoms with Crippen molar-refractivity contribution in [3.8, 4) is 0 Å². The van der Waals surface area contributed by atoms with E-state index < -0.39 is 15.9 Å². The summed E-state index contributed by atoms with van der Waals surface area (Å²) in [6, 6.07) is 0. The lowest BCUT2D eigenvalue weighted by Crippen LogP contribution is -2.34. The van der Waals surface area contributed by atoms with Gasteiger partial charge in [0, 0.05) is 13.2 Å². The maximum atomic E-state index is 11.3. The molecule has 0 aromatic carbocycles. The van der Waals surface area contributed by atoms with E-state index in [1.54, 1.807) is 0 Å². The zero-order chi connectivity index (χ0) is 13.0. The Morgan fingerprint density at radius 2 is 2.06 bits per heavy atom. The summed E-state index contributed by atoms with van der Waals surface area (Å²) in [6.45, 7) is 2.27. The third-order valence-electron chi connectivity index (χ3n) is 3.50. The highest BCUT2D eigenvalue weighted by Crippen LogP contribution is 2.28. The summed E-state index contributed by atoms with van der Waals surface area (Å²) in [4.78, 5) is 0. The molecule has 0 amide bonds. The molecule has 2 N–H and O–H groups in total. The number of aliphatic hydroxyl groups is 1. The fourth-order valence-electron chi connectivity index (χ4n) is 2.20. The van der Waals surface area contributed by atoms with Crippen LogP contribution in [0.5, 0.6) is 0 Å². The molecule has 0 spiro atoms. The van der Waals surface area contributed by atoms with Crippen LogP contribution in [0.1, 0.15) is 19.3 Å². The highest BCUT2D eigenvalue weighted by atomic mass is 32.2. The fourth-order valence-corrected chi connectivity index (χ4v) is 4.06. The van der Waals surface area contributed by atoms with E-state index in [9.17, 15) is 13.5 Å². The minimum absolute atomic E-state index is 0.203. The van der Waals surface area contributed by atoms with Crippen molar-refractivity contribution in [1.82, 2.24) is 5.32 Å². The molecule has 0 aromatic heterocycles. The maximum absolute atomic E-state index is 11.3. The lowest BCUT2D eigenvalue weighted by molar-refractivity contribution is 0.0323. The zero-order valence-electron chi connectivity index (χ0n) is 10.7. The molecule has 106 valence electrons. The second-order valence-corrected chi connectivity index (χ2v) is 7.79. The molecule has 1 aliphatic heterocycles. The molecule has 0 aromatic rings. The summed E-state index contributed by atoms with van der Waals surface area (Å²) in [5.41, 5.74) is 0. The Hall–Kier alpha value is -0.170. The van der Waals surface area contributed by atoms with Crippen LogP contribution in [0.25, 0.3) is 0 Å². The fraction of sp³-hybridized carbons (Fsp3) is 1.00. The van der Waals surface area contributed by atoms with Crippen molar-refractivity contribution in [3.63, 3.8) is 0 Å². The Labute approximate surface area is 109 Å². The molecule has 2 rings (SSSR count). The van der Waals surface area contributed by atoms with Crippen LogP contribution in [0.15, 0.2) is 0 Å². The van der Waals surface area contributed by atoms with Crippen LogP contribution in [0.2, 0.25) is 0 Å². The van der Waals surface area contributed by atoms with Crippen LogP contribution in [-0.2, 0) is 14.6 Å². The Bertz CT molecular complexity index is 353. The molecule has 2 unspecified atom stereocenters. The van der Waals surface area contributed by atoms with E-state index in [2.05, 4.69) is 5.32 Å². The summed E-state index contributed by atoms with van der Waals surface area (Å²) in [6.07, 6.45) is 2.75. The van der Waals surface area contributed by atoms with Crippen LogP contribution >= 0.6 is 0 Å². The Morgan fingerprint density at radius 3 is 2.67 bits per heavy atom. The molecule has 1 saturated carbocycles. The van der Waals surface area contributed by atoms with Crippen molar-refractivity contribution < 1.29 is 18.3 Å². The van der Waals surface area contributed by atoms with Gasteiger partial charge in [0.25, 0.3) is 0 Å². The quantitative estimate of drug-likeness (QED) is 0.642. The molecule has 5 nitrogen and oxygen atoms in total. The minimum atomic E-state index is -2.79. The number of sulfone groups is 1. The van der Waals surface area contributed by atoms with Gasteiger partial charge in [0.15, 0.2) is 9.84 Å². The Balaban J connectivity index is 1.49. The lowest BCUT2D eigenvalue weighted by Gasteiger charge is -2.14. The van der Waals surface area contributed by atoms with Crippen LogP contribution in [0.4, 0.5) is 0 Å². The van der Waals surface area contributed by atoms with Gasteiger partial charge in [-0.05, 0) is 37.6 Å². The largest absolute Gasteiger partial charge is 0.389 e. The number of hydrogen-bond donors (Lipinski definition) is 2. The van der Waals surface area contributed by atoms with Gasteiger partial charge >= 0.3 is 0 Å². The molecule has 2 aliphatic rings. The van der Waals surface area contributed by atoms with Gasteiger partial charge < -0.3 is 15.2 Å². The SMILES string of the molecule is O=S1(=O)CCC(CNCC(O)COCC2CC2)C1. The monoisotopic (exact) mass is 277 g/mol. The highest BCUT2D eigenvalue weighted by molar-refractivity contribution is 7.91. The van der Waals surface area contributed by atoms with Crippen LogP contribution in [0, 0.1) is 11.8 Å². The first-order valence-electron chi connectivity index (χ1n) is 6.72. The smallest absolute Gasteiger partial charge is 0.150 e. The first kappa shape index (κ1) is 14.2. The molecule has 18 heavy (non-hydrogen) atoms. The molecule has 1 heterocycles. The van der Waals surface area contributed by atoms with E-state index in [-0.39, 0.29) is 11.7 Å². The van der Waals surface area contributed by atoms with Crippen molar-refractivity contribution in [1.29, 1.82) is 0 Å². The predicted octanol–water partition coefficient (Wildman–Crippen LogP) is -0.202.